The molecule has 0 saturated heterocycles. The molecule has 0 N–H and O–H groups in total. The van der Waals surface area contributed by atoms with E-state index in [0.717, 1.165) is 6.42 Å². The molecule has 0 aromatic heterocycles. The van der Waals surface area contributed by atoms with Gasteiger partial charge in [0.15, 0.2) is 0 Å². The van der Waals surface area contributed by atoms with Gasteiger partial charge < -0.3 is 24.8 Å². The molecule has 8 rings (SSSR count). The smallest absolute Gasteiger partial charge is 1.00 e. The molecule has 4 aromatic carbocycles. The third-order valence-corrected chi connectivity index (χ3v) is 12.6. The number of fused-ring (bicyclic) bond motifs is 5. The molecule has 4 aromatic rings. The Labute approximate surface area is 354 Å². The molecule has 0 heterocycles. The molecular weight excluding hydrogens is 775 g/mol. The van der Waals surface area contributed by atoms with Crippen LogP contribution < -0.4 is 24.8 Å². The molecule has 0 amide bonds. The molecular formula is C51H56Cl2Zr-2. The summed E-state index contributed by atoms with van der Waals surface area (Å²) in [4.78, 5) is 0. The monoisotopic (exact) mass is 828 g/mol. The maximum absolute atomic E-state index is 3.65. The molecule has 0 spiro atoms. The number of aryl methyl sites for hydroxylation is 2. The van der Waals surface area contributed by atoms with Crippen LogP contribution in [0, 0.1) is 37.3 Å². The summed E-state index contributed by atoms with van der Waals surface area (Å²) in [6.45, 7) is 29.0. The molecule has 0 aliphatic heterocycles. The van der Waals surface area contributed by atoms with Crippen molar-refractivity contribution in [3.63, 3.8) is 0 Å². The fourth-order valence-corrected chi connectivity index (χ4v) is 9.35. The topological polar surface area (TPSA) is 0 Å². The second-order valence-corrected chi connectivity index (χ2v) is 18.9. The molecule has 54 heavy (non-hydrogen) atoms. The maximum atomic E-state index is 3.65. The average molecular weight is 831 g/mol. The first-order chi connectivity index (χ1) is 24.2. The van der Waals surface area contributed by atoms with Gasteiger partial charge in [0.1, 0.15) is 0 Å². The van der Waals surface area contributed by atoms with Crippen LogP contribution in [-0.4, -0.2) is 3.21 Å². The van der Waals surface area contributed by atoms with Crippen molar-refractivity contribution in [3.05, 3.63) is 164 Å². The minimum Gasteiger partial charge on any atom is -1.00 e. The van der Waals surface area contributed by atoms with Gasteiger partial charge in [-0.25, -0.2) is 11.1 Å². The van der Waals surface area contributed by atoms with Crippen LogP contribution in [0.15, 0.2) is 96.1 Å². The third kappa shape index (κ3) is 8.91. The summed E-state index contributed by atoms with van der Waals surface area (Å²) in [7, 11) is 0. The van der Waals surface area contributed by atoms with Crippen LogP contribution in [0.5, 0.6) is 0 Å². The van der Waals surface area contributed by atoms with Crippen molar-refractivity contribution in [2.75, 3.05) is 0 Å². The maximum Gasteiger partial charge on any atom is -1.00 e. The van der Waals surface area contributed by atoms with E-state index < -0.39 is 0 Å². The van der Waals surface area contributed by atoms with E-state index in [9.17, 15) is 0 Å². The van der Waals surface area contributed by atoms with E-state index in [-0.39, 0.29) is 35.6 Å². The van der Waals surface area contributed by atoms with Crippen LogP contribution >= 0.6 is 0 Å². The molecule has 0 radical (unpaired) electrons. The summed E-state index contributed by atoms with van der Waals surface area (Å²) in [6, 6.07) is 27.3. The van der Waals surface area contributed by atoms with E-state index in [1.165, 1.54) is 116 Å². The summed E-state index contributed by atoms with van der Waals surface area (Å²) < 4.78 is 1.42. The largest absolute Gasteiger partial charge is 1.00 e. The number of benzene rings is 4. The Hall–Kier alpha value is -2.83. The van der Waals surface area contributed by atoms with Gasteiger partial charge in [-0.2, -0.15) is 17.2 Å². The number of hydrogen-bond donors (Lipinski definition) is 0. The van der Waals surface area contributed by atoms with Crippen LogP contribution in [0.25, 0.3) is 22.3 Å². The zero-order valence-electron chi connectivity index (χ0n) is 34.6. The fraction of sp³-hybridized carbons (Fsp3) is 0.353. The van der Waals surface area contributed by atoms with Crippen molar-refractivity contribution in [3.8, 4) is 11.1 Å². The first-order valence-electron chi connectivity index (χ1n) is 19.0. The fourth-order valence-electron chi connectivity index (χ4n) is 8.53. The molecule has 4 aliphatic carbocycles. The van der Waals surface area contributed by atoms with Crippen LogP contribution in [0.4, 0.5) is 0 Å². The third-order valence-electron chi connectivity index (χ3n) is 11.2. The molecule has 3 heteroatoms. The summed E-state index contributed by atoms with van der Waals surface area (Å²) in [5.74, 6) is 0.518. The van der Waals surface area contributed by atoms with E-state index >= 15 is 0 Å². The second-order valence-electron chi connectivity index (χ2n) is 17.7. The standard InChI is InChI=1S/C25H25.C15H14.C11H17.2ClH.Zr/c1-14-12-24(3,4)22-8-16-7-17-9-23-19(15(2)13-25(23,5)6)11-21(17)20(16)10-18(14)22;1-12-3-7-14(8-4-12)11-15-9-5-13(2)6-10-15;1-8-6-9(2)10(7-8)11(3,4)5;;;/h8-12H,7H2,1-6H3;3-10H,1-2H3;7-8H,1-5H3;2*1H;/q-1;;-1;;;+2/p-2. The Kier molecular flexibility index (Phi) is 13.3. The summed E-state index contributed by atoms with van der Waals surface area (Å²) in [5, 5.41) is 0. The van der Waals surface area contributed by atoms with Crippen molar-refractivity contribution >= 4 is 14.4 Å². The minimum absolute atomic E-state index is 0. The molecule has 0 fully saturated rings. The summed E-state index contributed by atoms with van der Waals surface area (Å²) in [5.41, 5.74) is 23.0. The first-order valence-corrected chi connectivity index (χ1v) is 20.2. The number of allylic oxidation sites excluding steroid dienone is 8. The molecule has 280 valence electrons. The predicted molar refractivity (Wildman–Crippen MR) is 221 cm³/mol. The van der Waals surface area contributed by atoms with Crippen molar-refractivity contribution in [2.24, 2.45) is 11.3 Å². The Morgan fingerprint density at radius 2 is 1.15 bits per heavy atom. The van der Waals surface area contributed by atoms with Crippen LogP contribution in [0.1, 0.15) is 132 Å². The van der Waals surface area contributed by atoms with Crippen molar-refractivity contribution < 1.29 is 49.0 Å². The molecule has 0 bridgehead atoms. The quantitative estimate of drug-likeness (QED) is 0.165. The van der Waals surface area contributed by atoms with Gasteiger partial charge in [0.05, 0.1) is 0 Å². The Morgan fingerprint density at radius 1 is 0.667 bits per heavy atom. The predicted octanol–water partition coefficient (Wildman–Crippen LogP) is 7.24. The first kappa shape index (κ1) is 43.9. The van der Waals surface area contributed by atoms with Crippen LogP contribution in [0.3, 0.4) is 0 Å². The van der Waals surface area contributed by atoms with E-state index in [1.54, 1.807) is 0 Å². The van der Waals surface area contributed by atoms with Crippen molar-refractivity contribution in [2.45, 2.75) is 107 Å². The summed E-state index contributed by atoms with van der Waals surface area (Å²) in [6.07, 6.45) is 12.8. The zero-order chi connectivity index (χ0) is 37.9. The van der Waals surface area contributed by atoms with Gasteiger partial charge in [-0.05, 0) is 58.4 Å². The van der Waals surface area contributed by atoms with Crippen molar-refractivity contribution in [1.82, 2.24) is 0 Å². The average Bonchev–Trinajstić information content (AvgIpc) is 3.74. The number of halogens is 2. The summed E-state index contributed by atoms with van der Waals surface area (Å²) >= 11 is 1.46. The van der Waals surface area contributed by atoms with E-state index in [2.05, 4.69) is 187 Å². The normalized spacial score (nSPS) is 17.6. The van der Waals surface area contributed by atoms with Gasteiger partial charge in [-0.15, -0.1) is 11.6 Å². The second kappa shape index (κ2) is 16.3. The van der Waals surface area contributed by atoms with Crippen molar-refractivity contribution in [1.29, 1.82) is 0 Å². The SMILES string of the molecule is CC1=[C-]C(C)(C)c2cc3c(cc21)-c1cc2c(cc1C3)C(C)(C)C=C2C.CC1=[C-]C(C)C=C1C(C)(C)C.Cc1ccc([C](=[Zr+2])c2ccc(C)cc2)cc1.[Cl-].[Cl-]. The molecule has 4 aliphatic rings. The van der Waals surface area contributed by atoms with Crippen LogP contribution in [0.2, 0.25) is 0 Å². The Morgan fingerprint density at radius 3 is 1.59 bits per heavy atom. The Balaban J connectivity index is 0.000000194. The van der Waals surface area contributed by atoms with E-state index in [4.69, 9.17) is 0 Å². The Bertz CT molecular complexity index is 2060. The van der Waals surface area contributed by atoms with Crippen LogP contribution in [-0.2, 0) is 41.5 Å². The van der Waals surface area contributed by atoms with Gasteiger partial charge in [0.2, 0.25) is 0 Å². The minimum atomic E-state index is 0. The number of rotatable bonds is 2. The molecule has 1 unspecified atom stereocenters. The van der Waals surface area contributed by atoms with Gasteiger partial charge in [-0.1, -0.05) is 104 Å². The molecule has 1 atom stereocenters. The van der Waals surface area contributed by atoms with Gasteiger partial charge in [0.25, 0.3) is 0 Å². The molecule has 0 saturated carbocycles. The van der Waals surface area contributed by atoms with Gasteiger partial charge in [-0.3, -0.25) is 12.2 Å². The zero-order valence-corrected chi connectivity index (χ0v) is 38.6. The van der Waals surface area contributed by atoms with E-state index in [1.807, 2.05) is 0 Å². The van der Waals surface area contributed by atoms with Gasteiger partial charge >= 0.3 is 112 Å². The molecule has 0 nitrogen and oxygen atoms in total. The van der Waals surface area contributed by atoms with E-state index in [0.29, 0.717) is 11.3 Å². The number of hydrogen-bond acceptors (Lipinski definition) is 0. The van der Waals surface area contributed by atoms with Gasteiger partial charge in [0, 0.05) is 5.41 Å².